The molecule has 0 heterocycles. The molecule has 0 amide bonds. The fourth-order valence-corrected chi connectivity index (χ4v) is 2.30. The molecule has 1 saturated carbocycles. The second-order valence-electron chi connectivity index (χ2n) is 4.73. The Morgan fingerprint density at radius 3 is 2.29 bits per heavy atom. The SMILES string of the molecule is N#Cc1ccc(COC2CCCCCC2)cc1. The van der Waals surface area contributed by atoms with Crippen molar-refractivity contribution in [1.82, 2.24) is 0 Å². The lowest BCUT2D eigenvalue weighted by Crippen LogP contribution is -2.11. The lowest BCUT2D eigenvalue weighted by atomic mass is 10.1. The number of rotatable bonds is 3. The van der Waals surface area contributed by atoms with Crippen LogP contribution in [-0.2, 0) is 11.3 Å². The van der Waals surface area contributed by atoms with Gasteiger partial charge in [-0.2, -0.15) is 5.26 Å². The molecule has 2 rings (SSSR count). The minimum absolute atomic E-state index is 0.438. The molecule has 0 N–H and O–H groups in total. The predicted octanol–water partition coefficient (Wildman–Crippen LogP) is 3.80. The van der Waals surface area contributed by atoms with Crippen LogP contribution in [0.5, 0.6) is 0 Å². The zero-order valence-corrected chi connectivity index (χ0v) is 10.2. The highest BCUT2D eigenvalue weighted by Crippen LogP contribution is 2.20. The second-order valence-corrected chi connectivity index (χ2v) is 4.73. The van der Waals surface area contributed by atoms with Gasteiger partial charge in [0.2, 0.25) is 0 Å². The maximum atomic E-state index is 8.71. The third kappa shape index (κ3) is 3.87. The number of ether oxygens (including phenoxy) is 1. The van der Waals surface area contributed by atoms with Gasteiger partial charge in [-0.1, -0.05) is 37.8 Å². The Morgan fingerprint density at radius 2 is 1.71 bits per heavy atom. The zero-order chi connectivity index (χ0) is 11.9. The van der Waals surface area contributed by atoms with Crippen LogP contribution in [0.4, 0.5) is 0 Å². The third-order valence-electron chi connectivity index (χ3n) is 3.37. The summed E-state index contributed by atoms with van der Waals surface area (Å²) in [5.41, 5.74) is 1.87. The van der Waals surface area contributed by atoms with E-state index in [4.69, 9.17) is 10.00 Å². The van der Waals surface area contributed by atoms with E-state index in [1.807, 2.05) is 24.3 Å². The van der Waals surface area contributed by atoms with Crippen LogP contribution in [0.2, 0.25) is 0 Å². The average Bonchev–Trinajstić information content (AvgIpc) is 2.65. The summed E-state index contributed by atoms with van der Waals surface area (Å²) in [6.07, 6.45) is 8.17. The van der Waals surface area contributed by atoms with Gasteiger partial charge >= 0.3 is 0 Å². The number of nitrogens with zero attached hydrogens (tertiary/aromatic N) is 1. The van der Waals surface area contributed by atoms with Gasteiger partial charge in [0.15, 0.2) is 0 Å². The lowest BCUT2D eigenvalue weighted by Gasteiger charge is -2.15. The van der Waals surface area contributed by atoms with Crippen LogP contribution in [-0.4, -0.2) is 6.10 Å². The van der Waals surface area contributed by atoms with Crippen LogP contribution in [0.25, 0.3) is 0 Å². The largest absolute Gasteiger partial charge is 0.374 e. The van der Waals surface area contributed by atoms with Gasteiger partial charge in [-0.05, 0) is 30.5 Å². The van der Waals surface area contributed by atoms with Crippen LogP contribution in [0.15, 0.2) is 24.3 Å². The predicted molar refractivity (Wildman–Crippen MR) is 67.4 cm³/mol. The normalized spacial score (nSPS) is 17.4. The second kappa shape index (κ2) is 6.42. The molecule has 17 heavy (non-hydrogen) atoms. The lowest BCUT2D eigenvalue weighted by molar-refractivity contribution is 0.0310. The molecule has 0 radical (unpaired) electrons. The standard InChI is InChI=1S/C15H19NO/c16-11-13-7-9-14(10-8-13)12-17-15-5-3-1-2-4-6-15/h7-10,15H,1-6,12H2. The van der Waals surface area contributed by atoms with Crippen molar-refractivity contribution in [3.63, 3.8) is 0 Å². The van der Waals surface area contributed by atoms with Gasteiger partial charge in [0, 0.05) is 0 Å². The molecule has 0 aromatic heterocycles. The molecule has 0 aliphatic heterocycles. The Bertz CT molecular complexity index is 369. The molecule has 1 aliphatic carbocycles. The van der Waals surface area contributed by atoms with Crippen molar-refractivity contribution >= 4 is 0 Å². The number of nitriles is 1. The van der Waals surface area contributed by atoms with Gasteiger partial charge in [0.1, 0.15) is 0 Å². The van der Waals surface area contributed by atoms with E-state index in [1.54, 1.807) is 0 Å². The summed E-state index contributed by atoms with van der Waals surface area (Å²) < 4.78 is 5.94. The Labute approximate surface area is 103 Å². The van der Waals surface area contributed by atoms with Crippen molar-refractivity contribution < 1.29 is 4.74 Å². The first-order valence-electron chi connectivity index (χ1n) is 6.49. The summed E-state index contributed by atoms with van der Waals surface area (Å²) in [6, 6.07) is 9.80. The molecule has 0 bridgehead atoms. The van der Waals surface area contributed by atoms with Gasteiger partial charge in [-0.15, -0.1) is 0 Å². The van der Waals surface area contributed by atoms with E-state index in [-0.39, 0.29) is 0 Å². The molecule has 2 heteroatoms. The van der Waals surface area contributed by atoms with Crippen molar-refractivity contribution in [3.8, 4) is 6.07 Å². The monoisotopic (exact) mass is 229 g/mol. The molecule has 1 aromatic carbocycles. The highest BCUT2D eigenvalue weighted by Gasteiger charge is 2.12. The minimum Gasteiger partial charge on any atom is -0.374 e. The molecule has 0 unspecified atom stereocenters. The van der Waals surface area contributed by atoms with Crippen molar-refractivity contribution in [3.05, 3.63) is 35.4 Å². The van der Waals surface area contributed by atoms with Crippen molar-refractivity contribution in [1.29, 1.82) is 5.26 Å². The molecule has 0 saturated heterocycles. The van der Waals surface area contributed by atoms with E-state index in [1.165, 1.54) is 38.5 Å². The maximum Gasteiger partial charge on any atom is 0.0991 e. The van der Waals surface area contributed by atoms with Gasteiger partial charge in [0.05, 0.1) is 24.3 Å². The molecular formula is C15H19NO. The number of benzene rings is 1. The summed E-state index contributed by atoms with van der Waals surface area (Å²) in [5.74, 6) is 0. The quantitative estimate of drug-likeness (QED) is 0.739. The van der Waals surface area contributed by atoms with Crippen LogP contribution in [0, 0.1) is 11.3 Å². The highest BCUT2D eigenvalue weighted by molar-refractivity contribution is 5.31. The smallest absolute Gasteiger partial charge is 0.0991 e. The first-order valence-corrected chi connectivity index (χ1v) is 6.49. The maximum absolute atomic E-state index is 8.71. The minimum atomic E-state index is 0.438. The van der Waals surface area contributed by atoms with E-state index in [0.29, 0.717) is 18.3 Å². The number of hydrogen-bond acceptors (Lipinski definition) is 2. The summed E-state index contributed by atoms with van der Waals surface area (Å²) in [5, 5.41) is 8.71. The van der Waals surface area contributed by atoms with Crippen molar-refractivity contribution in [2.24, 2.45) is 0 Å². The summed E-state index contributed by atoms with van der Waals surface area (Å²) in [6.45, 7) is 0.677. The van der Waals surface area contributed by atoms with E-state index in [2.05, 4.69) is 6.07 Å². The summed E-state index contributed by atoms with van der Waals surface area (Å²) >= 11 is 0. The Kier molecular flexibility index (Phi) is 4.58. The fourth-order valence-electron chi connectivity index (χ4n) is 2.30. The van der Waals surface area contributed by atoms with Crippen LogP contribution in [0.3, 0.4) is 0 Å². The van der Waals surface area contributed by atoms with Gasteiger partial charge in [-0.25, -0.2) is 0 Å². The molecule has 0 spiro atoms. The van der Waals surface area contributed by atoms with E-state index in [0.717, 1.165) is 5.56 Å². The van der Waals surface area contributed by atoms with E-state index >= 15 is 0 Å². The van der Waals surface area contributed by atoms with E-state index < -0.39 is 0 Å². The first kappa shape index (κ1) is 12.1. The Balaban J connectivity index is 1.82. The van der Waals surface area contributed by atoms with Crippen molar-refractivity contribution in [2.75, 3.05) is 0 Å². The fraction of sp³-hybridized carbons (Fsp3) is 0.533. The molecule has 2 nitrogen and oxygen atoms in total. The topological polar surface area (TPSA) is 33.0 Å². The molecule has 1 fully saturated rings. The van der Waals surface area contributed by atoms with Crippen molar-refractivity contribution in [2.45, 2.75) is 51.2 Å². The number of hydrogen-bond donors (Lipinski definition) is 0. The van der Waals surface area contributed by atoms with Crippen LogP contribution >= 0.6 is 0 Å². The third-order valence-corrected chi connectivity index (χ3v) is 3.37. The van der Waals surface area contributed by atoms with E-state index in [9.17, 15) is 0 Å². The Hall–Kier alpha value is -1.33. The molecular weight excluding hydrogens is 210 g/mol. The molecule has 0 atom stereocenters. The van der Waals surface area contributed by atoms with Gasteiger partial charge in [0.25, 0.3) is 0 Å². The highest BCUT2D eigenvalue weighted by atomic mass is 16.5. The van der Waals surface area contributed by atoms with Crippen LogP contribution in [0.1, 0.15) is 49.7 Å². The molecule has 1 aliphatic rings. The molecule has 90 valence electrons. The van der Waals surface area contributed by atoms with Gasteiger partial charge in [-0.3, -0.25) is 0 Å². The molecule has 1 aromatic rings. The van der Waals surface area contributed by atoms with Crippen LogP contribution < -0.4 is 0 Å². The van der Waals surface area contributed by atoms with Gasteiger partial charge < -0.3 is 4.74 Å². The first-order chi connectivity index (χ1) is 8.38. The zero-order valence-electron chi connectivity index (χ0n) is 10.2. The Morgan fingerprint density at radius 1 is 1.06 bits per heavy atom. The summed E-state index contributed by atoms with van der Waals surface area (Å²) in [4.78, 5) is 0. The average molecular weight is 229 g/mol. The summed E-state index contributed by atoms with van der Waals surface area (Å²) in [7, 11) is 0.